The summed E-state index contributed by atoms with van der Waals surface area (Å²) >= 11 is 2.89. The van der Waals surface area contributed by atoms with E-state index in [1.807, 2.05) is 47.8 Å². The van der Waals surface area contributed by atoms with Crippen LogP contribution in [-0.2, 0) is 0 Å². The van der Waals surface area contributed by atoms with E-state index < -0.39 is 0 Å². The smallest absolute Gasteiger partial charge is 0.267 e. The van der Waals surface area contributed by atoms with E-state index in [-0.39, 0.29) is 5.91 Å². The molecule has 0 aliphatic heterocycles. The lowest BCUT2D eigenvalue weighted by molar-refractivity contribution is 0.103. The Morgan fingerprint density at radius 3 is 2.87 bits per heavy atom. The highest BCUT2D eigenvalue weighted by atomic mass is 32.1. The summed E-state index contributed by atoms with van der Waals surface area (Å²) in [6, 6.07) is 13.7. The first-order chi connectivity index (χ1) is 11.3. The number of carbonyl (C=O) groups excluding carboxylic acids is 1. The van der Waals surface area contributed by atoms with Crippen LogP contribution in [0.25, 0.3) is 21.3 Å². The van der Waals surface area contributed by atoms with E-state index in [2.05, 4.69) is 15.3 Å². The molecule has 1 amide bonds. The van der Waals surface area contributed by atoms with E-state index in [1.54, 1.807) is 12.4 Å². The third kappa shape index (κ3) is 2.86. The van der Waals surface area contributed by atoms with Gasteiger partial charge in [-0.2, -0.15) is 0 Å². The zero-order valence-corrected chi connectivity index (χ0v) is 13.5. The molecule has 3 aromatic heterocycles. The van der Waals surface area contributed by atoms with Crippen LogP contribution in [0.2, 0.25) is 0 Å². The fourth-order valence-electron chi connectivity index (χ4n) is 2.23. The van der Waals surface area contributed by atoms with Crippen molar-refractivity contribution >= 4 is 43.8 Å². The molecule has 0 aliphatic carbocycles. The molecular weight excluding hydrogens is 326 g/mol. The summed E-state index contributed by atoms with van der Waals surface area (Å²) in [4.78, 5) is 21.6. The molecule has 1 N–H and O–H groups in total. The molecule has 0 atom stereocenters. The normalized spacial score (nSPS) is 10.8. The summed E-state index contributed by atoms with van der Waals surface area (Å²) in [6.07, 6.45) is 3.48. The zero-order valence-electron chi connectivity index (χ0n) is 11.9. The molecule has 0 aliphatic rings. The van der Waals surface area contributed by atoms with Gasteiger partial charge in [0.1, 0.15) is 0 Å². The van der Waals surface area contributed by atoms with Crippen LogP contribution < -0.4 is 5.32 Å². The zero-order chi connectivity index (χ0) is 15.6. The minimum absolute atomic E-state index is 0.127. The number of thiazole rings is 1. The topological polar surface area (TPSA) is 54.9 Å². The summed E-state index contributed by atoms with van der Waals surface area (Å²) in [5.74, 6) is -0.127. The fourth-order valence-corrected chi connectivity index (χ4v) is 3.90. The summed E-state index contributed by atoms with van der Waals surface area (Å²) in [5.41, 5.74) is 1.75. The van der Waals surface area contributed by atoms with E-state index >= 15 is 0 Å². The molecule has 0 fully saturated rings. The number of thiophene rings is 1. The maximum atomic E-state index is 12.4. The fraction of sp³-hybridized carbons (Fsp3) is 0. The number of amides is 1. The van der Waals surface area contributed by atoms with Crippen LogP contribution in [0.4, 0.5) is 5.13 Å². The van der Waals surface area contributed by atoms with Gasteiger partial charge in [-0.1, -0.05) is 18.2 Å². The number of nitrogens with one attached hydrogen (secondary N) is 1. The predicted octanol–water partition coefficient (Wildman–Crippen LogP) is 4.67. The molecule has 0 saturated heterocycles. The van der Waals surface area contributed by atoms with Gasteiger partial charge in [0.2, 0.25) is 0 Å². The van der Waals surface area contributed by atoms with E-state index in [0.717, 1.165) is 21.3 Å². The molecule has 0 saturated carbocycles. The molecule has 4 rings (SSSR count). The Hall–Kier alpha value is -2.57. The Labute approximate surface area is 140 Å². The highest BCUT2D eigenvalue weighted by molar-refractivity contribution is 7.21. The predicted molar refractivity (Wildman–Crippen MR) is 95.1 cm³/mol. The maximum absolute atomic E-state index is 12.4. The molecule has 6 heteroatoms. The summed E-state index contributed by atoms with van der Waals surface area (Å²) in [6.45, 7) is 0. The monoisotopic (exact) mass is 337 g/mol. The van der Waals surface area contributed by atoms with E-state index in [4.69, 9.17) is 0 Å². The minimum Gasteiger partial charge on any atom is -0.297 e. The Morgan fingerprint density at radius 2 is 2.04 bits per heavy atom. The van der Waals surface area contributed by atoms with Crippen LogP contribution in [0, 0.1) is 0 Å². The lowest BCUT2D eigenvalue weighted by Crippen LogP contribution is -2.09. The molecule has 0 radical (unpaired) electrons. The number of nitrogens with zero attached hydrogens (tertiary/aromatic N) is 2. The van der Waals surface area contributed by atoms with E-state index in [1.165, 1.54) is 22.7 Å². The molecule has 112 valence electrons. The first kappa shape index (κ1) is 14.0. The van der Waals surface area contributed by atoms with Gasteiger partial charge in [0.25, 0.3) is 5.91 Å². The lowest BCUT2D eigenvalue weighted by Gasteiger charge is -1.98. The molecule has 0 unspecified atom stereocenters. The highest BCUT2D eigenvalue weighted by Crippen LogP contribution is 2.28. The second kappa shape index (κ2) is 5.91. The van der Waals surface area contributed by atoms with Gasteiger partial charge in [0.05, 0.1) is 10.6 Å². The summed E-state index contributed by atoms with van der Waals surface area (Å²) < 4.78 is 1.10. The number of rotatable bonds is 3. The summed E-state index contributed by atoms with van der Waals surface area (Å²) in [7, 11) is 0. The maximum Gasteiger partial charge on any atom is 0.267 e. The van der Waals surface area contributed by atoms with E-state index in [0.29, 0.717) is 10.0 Å². The van der Waals surface area contributed by atoms with Gasteiger partial charge in [-0.15, -0.1) is 22.7 Å². The number of pyridine rings is 1. The molecule has 0 spiro atoms. The third-order valence-corrected chi connectivity index (χ3v) is 5.20. The van der Waals surface area contributed by atoms with Crippen molar-refractivity contribution in [3.05, 3.63) is 65.1 Å². The van der Waals surface area contributed by atoms with Gasteiger partial charge in [0.15, 0.2) is 5.13 Å². The SMILES string of the molecule is O=C(Nc1nc(-c2cccnc2)cs1)c1cc2ccccc2s1. The van der Waals surface area contributed by atoms with Gasteiger partial charge < -0.3 is 0 Å². The van der Waals surface area contributed by atoms with Crippen molar-refractivity contribution in [3.63, 3.8) is 0 Å². The van der Waals surface area contributed by atoms with Gasteiger partial charge in [0, 0.05) is 28.0 Å². The van der Waals surface area contributed by atoms with Crippen LogP contribution >= 0.6 is 22.7 Å². The molecule has 4 nitrogen and oxygen atoms in total. The van der Waals surface area contributed by atoms with Crippen molar-refractivity contribution < 1.29 is 4.79 Å². The molecule has 0 bridgehead atoms. The van der Waals surface area contributed by atoms with Gasteiger partial charge in [-0.05, 0) is 29.7 Å². The van der Waals surface area contributed by atoms with Crippen molar-refractivity contribution in [2.75, 3.05) is 5.32 Å². The molecule has 3 heterocycles. The van der Waals surface area contributed by atoms with Gasteiger partial charge in [-0.25, -0.2) is 4.98 Å². The number of carbonyl (C=O) groups is 1. The van der Waals surface area contributed by atoms with Crippen LogP contribution in [-0.4, -0.2) is 15.9 Å². The first-order valence-corrected chi connectivity index (χ1v) is 8.65. The lowest BCUT2D eigenvalue weighted by atomic mass is 10.2. The van der Waals surface area contributed by atoms with Crippen molar-refractivity contribution in [2.24, 2.45) is 0 Å². The third-order valence-electron chi connectivity index (χ3n) is 3.33. The second-order valence-corrected chi connectivity index (χ2v) is 6.82. The molecular formula is C17H11N3OS2. The Morgan fingerprint density at radius 1 is 1.13 bits per heavy atom. The number of anilines is 1. The molecule has 4 aromatic rings. The van der Waals surface area contributed by atoms with Gasteiger partial charge in [-0.3, -0.25) is 15.1 Å². The molecule has 1 aromatic carbocycles. The average molecular weight is 337 g/mol. The average Bonchev–Trinajstić information content (AvgIpc) is 3.22. The van der Waals surface area contributed by atoms with Crippen LogP contribution in [0.5, 0.6) is 0 Å². The highest BCUT2D eigenvalue weighted by Gasteiger charge is 2.12. The van der Waals surface area contributed by atoms with Crippen molar-refractivity contribution in [1.82, 2.24) is 9.97 Å². The van der Waals surface area contributed by atoms with Crippen molar-refractivity contribution in [3.8, 4) is 11.3 Å². The number of aromatic nitrogens is 2. The van der Waals surface area contributed by atoms with Crippen LogP contribution in [0.15, 0.2) is 60.2 Å². The Kier molecular flexibility index (Phi) is 3.61. The summed E-state index contributed by atoms with van der Waals surface area (Å²) in [5, 5.41) is 6.45. The van der Waals surface area contributed by atoms with Crippen LogP contribution in [0.3, 0.4) is 0 Å². The largest absolute Gasteiger partial charge is 0.297 e. The standard InChI is InChI=1S/C17H11N3OS2/c21-16(15-8-11-4-1-2-6-14(11)23-15)20-17-19-13(10-22-17)12-5-3-7-18-9-12/h1-10H,(H,19,20,21). The number of hydrogen-bond acceptors (Lipinski definition) is 5. The Bertz CT molecular complexity index is 943. The quantitative estimate of drug-likeness (QED) is 0.591. The number of fused-ring (bicyclic) bond motifs is 1. The number of hydrogen-bond donors (Lipinski definition) is 1. The number of benzene rings is 1. The van der Waals surface area contributed by atoms with Crippen molar-refractivity contribution in [2.45, 2.75) is 0 Å². The second-order valence-electron chi connectivity index (χ2n) is 4.88. The minimum atomic E-state index is -0.127. The van der Waals surface area contributed by atoms with Crippen LogP contribution in [0.1, 0.15) is 9.67 Å². The molecule has 23 heavy (non-hydrogen) atoms. The van der Waals surface area contributed by atoms with E-state index in [9.17, 15) is 4.79 Å². The van der Waals surface area contributed by atoms with Crippen molar-refractivity contribution in [1.29, 1.82) is 0 Å². The van der Waals surface area contributed by atoms with Gasteiger partial charge >= 0.3 is 0 Å². The first-order valence-electron chi connectivity index (χ1n) is 6.95. The Balaban J connectivity index is 1.56.